The van der Waals surface area contributed by atoms with Crippen molar-refractivity contribution in [3.63, 3.8) is 0 Å². The standard InChI is InChI=1S/C22H28ClN5O2S/c1-14(2)28-15(3)13-18(25-28)21(29)27(8-7-26-9-11-30-12-10-26)22-24-20-16(4)17(23)5-6-19(20)31-22/h5-6,13-14H,7-12H2,1-4H3. The normalized spacial score (nSPS) is 15.2. The van der Waals surface area contributed by atoms with E-state index in [2.05, 4.69) is 23.8 Å². The fourth-order valence-electron chi connectivity index (χ4n) is 3.81. The summed E-state index contributed by atoms with van der Waals surface area (Å²) in [6, 6.07) is 5.90. The Morgan fingerprint density at radius 1 is 1.29 bits per heavy atom. The molecule has 0 unspecified atom stereocenters. The van der Waals surface area contributed by atoms with Crippen molar-refractivity contribution < 1.29 is 9.53 Å². The zero-order chi connectivity index (χ0) is 22.1. The molecule has 0 saturated carbocycles. The van der Waals surface area contributed by atoms with Crippen molar-refractivity contribution in [2.24, 2.45) is 0 Å². The smallest absolute Gasteiger partial charge is 0.280 e. The van der Waals surface area contributed by atoms with Crippen LogP contribution in [0.1, 0.15) is 41.6 Å². The molecule has 9 heteroatoms. The molecule has 1 aromatic carbocycles. The number of carbonyl (C=O) groups excluding carboxylic acids is 1. The summed E-state index contributed by atoms with van der Waals surface area (Å²) < 4.78 is 8.36. The number of hydrogen-bond acceptors (Lipinski definition) is 6. The van der Waals surface area contributed by atoms with Crippen molar-refractivity contribution in [3.05, 3.63) is 40.2 Å². The first kappa shape index (κ1) is 22.2. The largest absolute Gasteiger partial charge is 0.379 e. The van der Waals surface area contributed by atoms with E-state index in [9.17, 15) is 4.79 Å². The number of halogens is 1. The van der Waals surface area contributed by atoms with Crippen molar-refractivity contribution in [1.29, 1.82) is 0 Å². The third kappa shape index (κ3) is 4.62. The number of anilines is 1. The molecule has 0 bridgehead atoms. The van der Waals surface area contributed by atoms with Crippen LogP contribution in [0.15, 0.2) is 18.2 Å². The van der Waals surface area contributed by atoms with Gasteiger partial charge in [0.15, 0.2) is 10.8 Å². The molecule has 0 aliphatic carbocycles. The zero-order valence-electron chi connectivity index (χ0n) is 18.4. The van der Waals surface area contributed by atoms with Gasteiger partial charge < -0.3 is 4.74 Å². The van der Waals surface area contributed by atoms with E-state index in [4.69, 9.17) is 21.3 Å². The first-order valence-electron chi connectivity index (χ1n) is 10.6. The minimum absolute atomic E-state index is 0.126. The molecule has 1 saturated heterocycles. The molecule has 1 aliphatic rings. The molecule has 3 aromatic rings. The van der Waals surface area contributed by atoms with Gasteiger partial charge in [-0.1, -0.05) is 22.9 Å². The van der Waals surface area contributed by atoms with E-state index in [0.717, 1.165) is 54.3 Å². The van der Waals surface area contributed by atoms with E-state index in [0.29, 0.717) is 22.4 Å². The molecule has 1 amide bonds. The number of ether oxygens (including phenoxy) is 1. The summed E-state index contributed by atoms with van der Waals surface area (Å²) in [5, 5.41) is 5.94. The quantitative estimate of drug-likeness (QED) is 0.547. The van der Waals surface area contributed by atoms with Crippen molar-refractivity contribution in [2.75, 3.05) is 44.3 Å². The van der Waals surface area contributed by atoms with Crippen molar-refractivity contribution in [2.45, 2.75) is 33.7 Å². The van der Waals surface area contributed by atoms with Crippen LogP contribution in [0.2, 0.25) is 5.02 Å². The molecule has 7 nitrogen and oxygen atoms in total. The number of benzene rings is 1. The molecule has 166 valence electrons. The summed E-state index contributed by atoms with van der Waals surface area (Å²) in [4.78, 5) is 22.5. The molecule has 0 spiro atoms. The van der Waals surface area contributed by atoms with E-state index in [1.165, 1.54) is 11.3 Å². The summed E-state index contributed by atoms with van der Waals surface area (Å²) in [5.41, 5.74) is 3.20. The number of hydrogen-bond donors (Lipinski definition) is 0. The first-order chi connectivity index (χ1) is 14.8. The fourth-order valence-corrected chi connectivity index (χ4v) is 5.01. The van der Waals surface area contributed by atoms with Crippen molar-refractivity contribution >= 4 is 44.2 Å². The van der Waals surface area contributed by atoms with Gasteiger partial charge in [0.2, 0.25) is 0 Å². The highest BCUT2D eigenvalue weighted by Gasteiger charge is 2.26. The average molecular weight is 462 g/mol. The van der Waals surface area contributed by atoms with Crippen LogP contribution in [-0.4, -0.2) is 65.0 Å². The Balaban J connectivity index is 1.67. The van der Waals surface area contributed by atoms with Gasteiger partial charge in [0.1, 0.15) is 0 Å². The number of amides is 1. The van der Waals surface area contributed by atoms with Gasteiger partial charge in [-0.15, -0.1) is 0 Å². The Morgan fingerprint density at radius 3 is 2.71 bits per heavy atom. The number of rotatable bonds is 6. The van der Waals surface area contributed by atoms with Crippen LogP contribution >= 0.6 is 22.9 Å². The Labute approximate surface area is 191 Å². The summed E-state index contributed by atoms with van der Waals surface area (Å²) in [5.74, 6) is -0.126. The van der Waals surface area contributed by atoms with E-state index in [1.807, 2.05) is 36.7 Å². The van der Waals surface area contributed by atoms with Gasteiger partial charge in [-0.3, -0.25) is 19.3 Å². The highest BCUT2D eigenvalue weighted by molar-refractivity contribution is 7.22. The molecule has 2 aromatic heterocycles. The van der Waals surface area contributed by atoms with Crippen LogP contribution in [-0.2, 0) is 4.74 Å². The lowest BCUT2D eigenvalue weighted by Crippen LogP contribution is -2.43. The van der Waals surface area contributed by atoms with Gasteiger partial charge in [-0.2, -0.15) is 5.10 Å². The molecule has 0 atom stereocenters. The molecule has 0 radical (unpaired) electrons. The van der Waals surface area contributed by atoms with Gasteiger partial charge in [0.25, 0.3) is 5.91 Å². The summed E-state index contributed by atoms with van der Waals surface area (Å²) in [6.07, 6.45) is 0. The Kier molecular flexibility index (Phi) is 6.62. The maximum absolute atomic E-state index is 13.6. The molecule has 3 heterocycles. The fraction of sp³-hybridized carbons (Fsp3) is 0.500. The number of morpholine rings is 1. The summed E-state index contributed by atoms with van der Waals surface area (Å²) in [6.45, 7) is 12.6. The van der Waals surface area contributed by atoms with Crippen LogP contribution in [0.5, 0.6) is 0 Å². The molecular formula is C22H28ClN5O2S. The predicted octanol–water partition coefficient (Wildman–Crippen LogP) is 4.32. The Hall–Kier alpha value is -2.00. The molecule has 4 rings (SSSR count). The highest BCUT2D eigenvalue weighted by atomic mass is 35.5. The predicted molar refractivity (Wildman–Crippen MR) is 126 cm³/mol. The number of fused-ring (bicyclic) bond motifs is 1. The van der Waals surface area contributed by atoms with Crippen molar-refractivity contribution in [3.8, 4) is 0 Å². The van der Waals surface area contributed by atoms with Gasteiger partial charge >= 0.3 is 0 Å². The van der Waals surface area contributed by atoms with E-state index >= 15 is 0 Å². The minimum Gasteiger partial charge on any atom is -0.379 e. The first-order valence-corrected chi connectivity index (χ1v) is 11.8. The lowest BCUT2D eigenvalue weighted by Gasteiger charge is -2.29. The molecular weight excluding hydrogens is 434 g/mol. The second-order valence-corrected chi connectivity index (χ2v) is 9.55. The van der Waals surface area contributed by atoms with E-state index in [1.54, 1.807) is 4.90 Å². The maximum Gasteiger partial charge on any atom is 0.280 e. The monoisotopic (exact) mass is 461 g/mol. The second kappa shape index (κ2) is 9.24. The van der Waals surface area contributed by atoms with Crippen LogP contribution < -0.4 is 4.90 Å². The van der Waals surface area contributed by atoms with E-state index in [-0.39, 0.29) is 11.9 Å². The number of aryl methyl sites for hydroxylation is 2. The second-order valence-electron chi connectivity index (χ2n) is 8.14. The molecule has 0 N–H and O–H groups in total. The molecule has 1 fully saturated rings. The SMILES string of the molecule is Cc1c(Cl)ccc2sc(N(CCN3CCOCC3)C(=O)c3cc(C)n(C(C)C)n3)nc12. The topological polar surface area (TPSA) is 63.5 Å². The maximum atomic E-state index is 13.6. The third-order valence-corrected chi connectivity index (χ3v) is 7.04. The zero-order valence-corrected chi connectivity index (χ0v) is 20.0. The third-order valence-electron chi connectivity index (χ3n) is 5.59. The van der Waals surface area contributed by atoms with Crippen LogP contribution in [0, 0.1) is 13.8 Å². The van der Waals surface area contributed by atoms with Gasteiger partial charge in [0, 0.05) is 42.9 Å². The molecule has 1 aliphatic heterocycles. The van der Waals surface area contributed by atoms with E-state index < -0.39 is 0 Å². The summed E-state index contributed by atoms with van der Waals surface area (Å²) >= 11 is 7.81. The Morgan fingerprint density at radius 2 is 2.03 bits per heavy atom. The minimum atomic E-state index is -0.126. The average Bonchev–Trinajstić information content (AvgIpc) is 3.36. The van der Waals surface area contributed by atoms with Crippen LogP contribution in [0.3, 0.4) is 0 Å². The number of nitrogens with zero attached hydrogens (tertiary/aromatic N) is 5. The van der Waals surface area contributed by atoms with Crippen LogP contribution in [0.25, 0.3) is 10.2 Å². The number of aromatic nitrogens is 3. The van der Waals surface area contributed by atoms with Crippen LogP contribution in [0.4, 0.5) is 5.13 Å². The lowest BCUT2D eigenvalue weighted by molar-refractivity contribution is 0.0391. The highest BCUT2D eigenvalue weighted by Crippen LogP contribution is 2.34. The van der Waals surface area contributed by atoms with Crippen molar-refractivity contribution in [1.82, 2.24) is 19.7 Å². The van der Waals surface area contributed by atoms with Gasteiger partial charge in [-0.25, -0.2) is 4.98 Å². The lowest BCUT2D eigenvalue weighted by atomic mass is 10.2. The Bertz CT molecular complexity index is 1090. The molecule has 31 heavy (non-hydrogen) atoms. The number of carbonyl (C=O) groups is 1. The number of thiazole rings is 1. The van der Waals surface area contributed by atoms with Gasteiger partial charge in [0.05, 0.1) is 23.4 Å². The van der Waals surface area contributed by atoms with Gasteiger partial charge in [-0.05, 0) is 51.5 Å². The summed E-state index contributed by atoms with van der Waals surface area (Å²) in [7, 11) is 0.